The number of nitrogens with zero attached hydrogens (tertiary/aromatic N) is 2. The average molecular weight is 238 g/mol. The van der Waals surface area contributed by atoms with Crippen LogP contribution in [0.1, 0.15) is 6.92 Å². The van der Waals surface area contributed by atoms with Gasteiger partial charge in [0.1, 0.15) is 6.07 Å². The lowest BCUT2D eigenvalue weighted by Gasteiger charge is -2.37. The molecule has 2 unspecified atom stereocenters. The van der Waals surface area contributed by atoms with Crippen LogP contribution < -0.4 is 9.64 Å². The highest BCUT2D eigenvalue weighted by molar-refractivity contribution is 5.94. The molecule has 3 heteroatoms. The number of rotatable bonds is 0. The number of benzene rings is 2. The van der Waals surface area contributed by atoms with Crippen molar-refractivity contribution in [2.45, 2.75) is 19.1 Å². The number of likely N-dealkylation sites (N-methyl/N-ethyl adjacent to an activating group) is 1. The number of hydrogen-bond donors (Lipinski definition) is 0. The first-order valence-electron chi connectivity index (χ1n) is 6.03. The van der Waals surface area contributed by atoms with Crippen molar-refractivity contribution in [1.29, 1.82) is 5.26 Å². The molecular weight excluding hydrogens is 224 g/mol. The van der Waals surface area contributed by atoms with Gasteiger partial charge in [-0.3, -0.25) is 0 Å². The van der Waals surface area contributed by atoms with Crippen LogP contribution in [0.4, 0.5) is 5.69 Å². The Morgan fingerprint density at radius 3 is 2.78 bits per heavy atom. The lowest BCUT2D eigenvalue weighted by Crippen LogP contribution is -2.45. The molecule has 0 aromatic heterocycles. The molecule has 90 valence electrons. The van der Waals surface area contributed by atoms with Crippen LogP contribution >= 0.6 is 0 Å². The first-order valence-corrected chi connectivity index (χ1v) is 6.03. The van der Waals surface area contributed by atoms with Gasteiger partial charge in [0.25, 0.3) is 0 Å². The fourth-order valence-electron chi connectivity index (χ4n) is 2.42. The van der Waals surface area contributed by atoms with Gasteiger partial charge >= 0.3 is 0 Å². The molecule has 0 amide bonds. The Morgan fingerprint density at radius 2 is 2.00 bits per heavy atom. The summed E-state index contributed by atoms with van der Waals surface area (Å²) in [5.41, 5.74) is 1.05. The minimum Gasteiger partial charge on any atom is -0.471 e. The van der Waals surface area contributed by atoms with Crippen LogP contribution in [0.15, 0.2) is 36.4 Å². The summed E-state index contributed by atoms with van der Waals surface area (Å²) in [5, 5.41) is 11.4. The van der Waals surface area contributed by atoms with E-state index < -0.39 is 6.10 Å². The van der Waals surface area contributed by atoms with Crippen molar-refractivity contribution in [1.82, 2.24) is 0 Å². The summed E-state index contributed by atoms with van der Waals surface area (Å²) in [6.45, 7) is 2.01. The summed E-state index contributed by atoms with van der Waals surface area (Å²) < 4.78 is 5.87. The van der Waals surface area contributed by atoms with Crippen LogP contribution in [0.5, 0.6) is 5.75 Å². The second-order valence-electron chi connectivity index (χ2n) is 4.65. The topological polar surface area (TPSA) is 36.3 Å². The van der Waals surface area contributed by atoms with Gasteiger partial charge in [-0.15, -0.1) is 0 Å². The van der Waals surface area contributed by atoms with Crippen molar-refractivity contribution in [3.8, 4) is 11.8 Å². The van der Waals surface area contributed by atoms with E-state index in [1.165, 1.54) is 0 Å². The van der Waals surface area contributed by atoms with Gasteiger partial charge in [0.15, 0.2) is 5.75 Å². The van der Waals surface area contributed by atoms with Crippen molar-refractivity contribution in [2.24, 2.45) is 0 Å². The zero-order valence-electron chi connectivity index (χ0n) is 10.4. The van der Waals surface area contributed by atoms with E-state index in [1.54, 1.807) is 0 Å². The molecule has 2 aromatic rings. The summed E-state index contributed by atoms with van der Waals surface area (Å²) in [6.07, 6.45) is -0.423. The second kappa shape index (κ2) is 3.92. The first-order chi connectivity index (χ1) is 8.72. The van der Waals surface area contributed by atoms with Crippen LogP contribution in [0, 0.1) is 11.3 Å². The molecule has 0 radical (unpaired) electrons. The molecule has 1 aliphatic heterocycles. The molecule has 2 aromatic carbocycles. The molecule has 0 bridgehead atoms. The summed E-state index contributed by atoms with van der Waals surface area (Å²) in [6, 6.07) is 14.5. The molecule has 3 nitrogen and oxygen atoms in total. The van der Waals surface area contributed by atoms with Gasteiger partial charge in [-0.2, -0.15) is 5.26 Å². The molecule has 1 aliphatic rings. The third kappa shape index (κ3) is 1.42. The molecule has 3 rings (SSSR count). The highest BCUT2D eigenvalue weighted by atomic mass is 16.5. The Kier molecular flexibility index (Phi) is 2.38. The predicted octanol–water partition coefficient (Wildman–Crippen LogP) is 2.95. The molecule has 0 spiro atoms. The Bertz CT molecular complexity index is 644. The van der Waals surface area contributed by atoms with E-state index in [-0.39, 0.29) is 6.04 Å². The minimum absolute atomic E-state index is 0.0589. The van der Waals surface area contributed by atoms with E-state index in [9.17, 15) is 5.26 Å². The van der Waals surface area contributed by atoms with Crippen molar-refractivity contribution in [2.75, 3.05) is 11.9 Å². The average Bonchev–Trinajstić information content (AvgIpc) is 2.42. The van der Waals surface area contributed by atoms with Crippen LogP contribution in [-0.4, -0.2) is 19.2 Å². The molecule has 1 heterocycles. The summed E-state index contributed by atoms with van der Waals surface area (Å²) >= 11 is 0. The quantitative estimate of drug-likeness (QED) is 0.708. The fraction of sp³-hybridized carbons (Fsp3) is 0.267. The molecule has 0 fully saturated rings. The molecule has 0 saturated heterocycles. The van der Waals surface area contributed by atoms with E-state index in [0.29, 0.717) is 0 Å². The molecule has 18 heavy (non-hydrogen) atoms. The summed E-state index contributed by atoms with van der Waals surface area (Å²) in [7, 11) is 2.01. The van der Waals surface area contributed by atoms with Crippen molar-refractivity contribution >= 4 is 16.5 Å². The number of ether oxygens (including phenoxy) is 1. The Hall–Kier alpha value is -2.21. The smallest absolute Gasteiger partial charge is 0.204 e. The third-order valence-electron chi connectivity index (χ3n) is 3.66. The van der Waals surface area contributed by atoms with Gasteiger partial charge in [0.05, 0.1) is 11.7 Å². The minimum atomic E-state index is -0.423. The Morgan fingerprint density at radius 1 is 1.22 bits per heavy atom. The maximum atomic E-state index is 9.18. The monoisotopic (exact) mass is 238 g/mol. The summed E-state index contributed by atoms with van der Waals surface area (Å²) in [5.74, 6) is 0.820. The van der Waals surface area contributed by atoms with Crippen molar-refractivity contribution in [3.63, 3.8) is 0 Å². The molecule has 2 atom stereocenters. The van der Waals surface area contributed by atoms with Crippen molar-refractivity contribution < 1.29 is 4.74 Å². The van der Waals surface area contributed by atoms with E-state index in [1.807, 2.05) is 32.2 Å². The standard InChI is InChI=1S/C15H14N2O/c1-10-14(9-16)18-15-12-6-4-3-5-11(12)7-8-13(15)17(10)2/h3-8,10,14H,1-2H3. The molecule has 0 aliphatic carbocycles. The fourth-order valence-corrected chi connectivity index (χ4v) is 2.42. The van der Waals surface area contributed by atoms with Gasteiger partial charge in [-0.05, 0) is 18.4 Å². The lowest BCUT2D eigenvalue weighted by atomic mass is 10.0. The van der Waals surface area contributed by atoms with Crippen molar-refractivity contribution in [3.05, 3.63) is 36.4 Å². The normalized spacial score (nSPS) is 22.2. The van der Waals surface area contributed by atoms with E-state index >= 15 is 0 Å². The number of nitriles is 1. The predicted molar refractivity (Wildman–Crippen MR) is 71.8 cm³/mol. The lowest BCUT2D eigenvalue weighted by molar-refractivity contribution is 0.215. The van der Waals surface area contributed by atoms with Gasteiger partial charge in [-0.1, -0.05) is 30.3 Å². The SMILES string of the molecule is CC1C(C#N)Oc2c(ccc3ccccc23)N1C. The van der Waals surface area contributed by atoms with E-state index in [0.717, 1.165) is 22.2 Å². The van der Waals surface area contributed by atoms with Gasteiger partial charge in [-0.25, -0.2) is 0 Å². The van der Waals surface area contributed by atoms with Gasteiger partial charge in [0, 0.05) is 12.4 Å². The second-order valence-corrected chi connectivity index (χ2v) is 4.65. The van der Waals surface area contributed by atoms with E-state index in [4.69, 9.17) is 4.74 Å². The number of fused-ring (bicyclic) bond motifs is 3. The maximum Gasteiger partial charge on any atom is 0.204 e. The number of hydrogen-bond acceptors (Lipinski definition) is 3. The van der Waals surface area contributed by atoms with Gasteiger partial charge in [0.2, 0.25) is 6.10 Å². The molecule has 0 N–H and O–H groups in total. The maximum absolute atomic E-state index is 9.18. The Labute approximate surface area is 106 Å². The zero-order valence-corrected chi connectivity index (χ0v) is 10.4. The Balaban J connectivity index is 2.26. The third-order valence-corrected chi connectivity index (χ3v) is 3.66. The summed E-state index contributed by atoms with van der Waals surface area (Å²) in [4.78, 5) is 2.11. The largest absolute Gasteiger partial charge is 0.471 e. The van der Waals surface area contributed by atoms with Gasteiger partial charge < -0.3 is 9.64 Å². The zero-order chi connectivity index (χ0) is 12.7. The highest BCUT2D eigenvalue weighted by Gasteiger charge is 2.31. The van der Waals surface area contributed by atoms with Crippen LogP contribution in [0.2, 0.25) is 0 Å². The molecular formula is C15H14N2O. The highest BCUT2D eigenvalue weighted by Crippen LogP contribution is 2.40. The van der Waals surface area contributed by atoms with E-state index in [2.05, 4.69) is 29.2 Å². The van der Waals surface area contributed by atoms with Crippen LogP contribution in [0.3, 0.4) is 0 Å². The first kappa shape index (κ1) is 10.9. The molecule has 0 saturated carbocycles. The number of anilines is 1. The van der Waals surface area contributed by atoms with Crippen LogP contribution in [0.25, 0.3) is 10.8 Å². The van der Waals surface area contributed by atoms with Crippen LogP contribution in [-0.2, 0) is 0 Å².